The number of likely N-dealkylation sites (tertiary alicyclic amines) is 1. The minimum Gasteiger partial charge on any atom is -0.383 e. The number of aromatic nitrogens is 4. The lowest BCUT2D eigenvalue weighted by Gasteiger charge is -2.27. The monoisotopic (exact) mass is 543 g/mol. The summed E-state index contributed by atoms with van der Waals surface area (Å²) in [4.78, 5) is 40.7. The van der Waals surface area contributed by atoms with Crippen molar-refractivity contribution in [1.29, 1.82) is 0 Å². The number of rotatable bonds is 4. The SMILES string of the molecule is Cc1cc(C(F)(F)F)cc2c3c(N)ncnc3n(CC(=O)N3[C@@H]4CC4C[C@H]3C(=O)Nc3cccc(Cl)n3)c12. The minimum absolute atomic E-state index is 0.0135. The Balaban J connectivity index is 1.37. The molecule has 0 spiro atoms. The van der Waals surface area contributed by atoms with E-state index in [9.17, 15) is 22.8 Å². The number of piperidine rings is 1. The summed E-state index contributed by atoms with van der Waals surface area (Å²) in [5.74, 6) is -0.209. The average molecular weight is 544 g/mol. The summed E-state index contributed by atoms with van der Waals surface area (Å²) in [6.45, 7) is 1.31. The zero-order chi connectivity index (χ0) is 26.9. The number of alkyl halides is 3. The van der Waals surface area contributed by atoms with Crippen LogP contribution in [-0.4, -0.2) is 48.3 Å². The lowest BCUT2D eigenvalue weighted by atomic mass is 10.1. The highest BCUT2D eigenvalue weighted by Gasteiger charge is 2.56. The van der Waals surface area contributed by atoms with Gasteiger partial charge < -0.3 is 20.5 Å². The van der Waals surface area contributed by atoms with Gasteiger partial charge in [0.25, 0.3) is 0 Å². The number of nitrogens with two attached hydrogens (primary N) is 1. The molecule has 2 amide bonds. The number of hydrogen-bond acceptors (Lipinski definition) is 6. The molecule has 38 heavy (non-hydrogen) atoms. The molecule has 6 rings (SSSR count). The molecule has 3 N–H and O–H groups in total. The summed E-state index contributed by atoms with van der Waals surface area (Å²) >= 11 is 5.92. The quantitative estimate of drug-likeness (QED) is 0.373. The smallest absolute Gasteiger partial charge is 0.383 e. The van der Waals surface area contributed by atoms with E-state index in [4.69, 9.17) is 17.3 Å². The first-order valence-electron chi connectivity index (χ1n) is 11.9. The van der Waals surface area contributed by atoms with Crippen LogP contribution >= 0.6 is 11.6 Å². The Labute approximate surface area is 218 Å². The van der Waals surface area contributed by atoms with Gasteiger partial charge in [-0.25, -0.2) is 15.0 Å². The lowest BCUT2D eigenvalue weighted by molar-refractivity contribution is -0.138. The van der Waals surface area contributed by atoms with Crippen LogP contribution in [0.2, 0.25) is 5.15 Å². The maximum absolute atomic E-state index is 13.7. The number of carbonyl (C=O) groups excluding carboxylic acids is 2. The van der Waals surface area contributed by atoms with Gasteiger partial charge in [-0.05, 0) is 55.5 Å². The van der Waals surface area contributed by atoms with E-state index in [1.54, 1.807) is 34.6 Å². The van der Waals surface area contributed by atoms with Gasteiger partial charge in [0.15, 0.2) is 0 Å². The second-order valence-corrected chi connectivity index (χ2v) is 10.1. The number of halogens is 4. The Hall–Kier alpha value is -3.93. The van der Waals surface area contributed by atoms with E-state index in [-0.39, 0.29) is 63.5 Å². The van der Waals surface area contributed by atoms with Crippen LogP contribution in [0, 0.1) is 12.8 Å². The van der Waals surface area contributed by atoms with E-state index < -0.39 is 17.8 Å². The molecule has 1 saturated heterocycles. The van der Waals surface area contributed by atoms with E-state index in [0.29, 0.717) is 17.5 Å². The fourth-order valence-electron chi connectivity index (χ4n) is 5.56. The zero-order valence-corrected chi connectivity index (χ0v) is 20.7. The van der Waals surface area contributed by atoms with Crippen LogP contribution in [-0.2, 0) is 22.3 Å². The molecule has 3 aromatic heterocycles. The molecule has 1 unspecified atom stereocenters. The lowest BCUT2D eigenvalue weighted by Crippen LogP contribution is -2.46. The van der Waals surface area contributed by atoms with Crippen molar-refractivity contribution in [3.63, 3.8) is 0 Å². The van der Waals surface area contributed by atoms with Crippen molar-refractivity contribution in [1.82, 2.24) is 24.4 Å². The first-order valence-corrected chi connectivity index (χ1v) is 12.3. The van der Waals surface area contributed by atoms with Gasteiger partial charge in [-0.1, -0.05) is 17.7 Å². The summed E-state index contributed by atoms with van der Waals surface area (Å²) in [5.41, 5.74) is 6.20. The molecule has 9 nitrogen and oxygen atoms in total. The van der Waals surface area contributed by atoms with Crippen LogP contribution in [0.4, 0.5) is 24.8 Å². The van der Waals surface area contributed by atoms with E-state index in [1.165, 1.54) is 6.33 Å². The van der Waals surface area contributed by atoms with Crippen LogP contribution in [0.1, 0.15) is 24.0 Å². The Morgan fingerprint density at radius 1 is 1.21 bits per heavy atom. The molecule has 13 heteroatoms. The Morgan fingerprint density at radius 2 is 2.00 bits per heavy atom. The maximum Gasteiger partial charge on any atom is 0.416 e. The van der Waals surface area contributed by atoms with Crippen molar-refractivity contribution in [3.05, 3.63) is 52.9 Å². The molecule has 1 aliphatic heterocycles. The number of anilines is 2. The number of aryl methyl sites for hydroxylation is 1. The second kappa shape index (κ2) is 8.55. The summed E-state index contributed by atoms with van der Waals surface area (Å²) in [7, 11) is 0. The normalized spacial score (nSPS) is 20.7. The van der Waals surface area contributed by atoms with Crippen LogP contribution in [0.3, 0.4) is 0 Å². The van der Waals surface area contributed by atoms with Crippen molar-refractivity contribution in [2.45, 2.75) is 44.6 Å². The highest BCUT2D eigenvalue weighted by molar-refractivity contribution is 6.29. The number of amides is 2. The van der Waals surface area contributed by atoms with Crippen LogP contribution in [0.15, 0.2) is 36.7 Å². The zero-order valence-electron chi connectivity index (χ0n) is 20.0. The predicted molar refractivity (Wildman–Crippen MR) is 134 cm³/mol. The highest BCUT2D eigenvalue weighted by Crippen LogP contribution is 2.48. The molecule has 4 aromatic rings. The van der Waals surface area contributed by atoms with Crippen molar-refractivity contribution < 1.29 is 22.8 Å². The largest absolute Gasteiger partial charge is 0.416 e. The maximum atomic E-state index is 13.7. The van der Waals surface area contributed by atoms with Gasteiger partial charge in [-0.15, -0.1) is 0 Å². The Kier molecular flexibility index (Phi) is 5.49. The minimum atomic E-state index is -4.57. The molecule has 0 radical (unpaired) electrons. The summed E-state index contributed by atoms with van der Waals surface area (Å²) in [5, 5.41) is 3.41. The molecule has 2 aliphatic rings. The number of nitrogens with zero attached hydrogens (tertiary/aromatic N) is 5. The van der Waals surface area contributed by atoms with Gasteiger partial charge in [0.05, 0.1) is 16.5 Å². The fourth-order valence-corrected chi connectivity index (χ4v) is 5.72. The standard InChI is InChI=1S/C25H21ClF3N7O2/c1-11-5-13(25(27,28)29)8-14-20-22(30)31-10-32-23(20)35(21(11)14)9-19(37)36-15-6-12(15)7-16(36)24(38)34-18-4-2-3-17(26)33-18/h2-5,8,10,12,15-16H,6-7,9H2,1H3,(H2,30,31,32)(H,33,34,38)/t12?,15-,16+/m1/s1. The third-order valence-electron chi connectivity index (χ3n) is 7.23. The number of nitrogen functional groups attached to an aromatic ring is 1. The number of pyridine rings is 1. The molecule has 2 fully saturated rings. The van der Waals surface area contributed by atoms with Crippen molar-refractivity contribution in [2.24, 2.45) is 5.92 Å². The van der Waals surface area contributed by atoms with E-state index in [2.05, 4.69) is 20.3 Å². The van der Waals surface area contributed by atoms with Gasteiger partial charge in [0.1, 0.15) is 41.3 Å². The molecule has 4 heterocycles. The van der Waals surface area contributed by atoms with E-state index in [0.717, 1.165) is 18.6 Å². The molecular formula is C25H21ClF3N7O2. The number of nitrogens with one attached hydrogen (secondary N) is 1. The topological polar surface area (TPSA) is 119 Å². The molecule has 0 bridgehead atoms. The number of fused-ring (bicyclic) bond motifs is 4. The van der Waals surface area contributed by atoms with Gasteiger partial charge >= 0.3 is 6.18 Å². The summed E-state index contributed by atoms with van der Waals surface area (Å²) in [6, 6.07) is 6.10. The predicted octanol–water partition coefficient (Wildman–Crippen LogP) is 4.17. The van der Waals surface area contributed by atoms with Crippen molar-refractivity contribution in [2.75, 3.05) is 11.1 Å². The van der Waals surface area contributed by atoms with Gasteiger partial charge in [-0.3, -0.25) is 9.59 Å². The second-order valence-electron chi connectivity index (χ2n) is 9.68. The first kappa shape index (κ1) is 24.4. The van der Waals surface area contributed by atoms with Crippen LogP contribution in [0.5, 0.6) is 0 Å². The molecular weight excluding hydrogens is 523 g/mol. The number of hydrogen-bond donors (Lipinski definition) is 2. The number of carbonyl (C=O) groups is 2. The first-order chi connectivity index (χ1) is 18.0. The molecule has 196 valence electrons. The van der Waals surface area contributed by atoms with Gasteiger partial charge in [0.2, 0.25) is 11.8 Å². The van der Waals surface area contributed by atoms with Crippen molar-refractivity contribution >= 4 is 57.0 Å². The summed E-state index contributed by atoms with van der Waals surface area (Å²) in [6.07, 6.45) is -2.05. The Morgan fingerprint density at radius 3 is 2.74 bits per heavy atom. The molecule has 1 saturated carbocycles. The van der Waals surface area contributed by atoms with Gasteiger partial charge in [-0.2, -0.15) is 13.2 Å². The van der Waals surface area contributed by atoms with E-state index >= 15 is 0 Å². The average Bonchev–Trinajstić information content (AvgIpc) is 3.38. The fraction of sp³-hybridized carbons (Fsp3) is 0.320. The van der Waals surface area contributed by atoms with Crippen LogP contribution < -0.4 is 11.1 Å². The van der Waals surface area contributed by atoms with Crippen LogP contribution in [0.25, 0.3) is 21.9 Å². The molecule has 1 aromatic carbocycles. The third kappa shape index (κ3) is 3.99. The highest BCUT2D eigenvalue weighted by atomic mass is 35.5. The summed E-state index contributed by atoms with van der Waals surface area (Å²) < 4.78 is 42.3. The molecule has 1 aliphatic carbocycles. The van der Waals surface area contributed by atoms with Crippen molar-refractivity contribution in [3.8, 4) is 0 Å². The van der Waals surface area contributed by atoms with Gasteiger partial charge in [0, 0.05) is 11.4 Å². The third-order valence-corrected chi connectivity index (χ3v) is 7.44. The number of benzene rings is 1. The Bertz CT molecular complexity index is 1640. The van der Waals surface area contributed by atoms with E-state index in [1.807, 2.05) is 0 Å². The molecule has 3 atom stereocenters.